The number of aryl methyl sites for hydroxylation is 1. The first-order valence-corrected chi connectivity index (χ1v) is 8.60. The molecule has 25 heavy (non-hydrogen) atoms. The number of para-hydroxylation sites is 1. The predicted octanol–water partition coefficient (Wildman–Crippen LogP) is 1.12. The van der Waals surface area contributed by atoms with Crippen LogP contribution in [-0.4, -0.2) is 49.1 Å². The van der Waals surface area contributed by atoms with Crippen LogP contribution in [0.15, 0.2) is 41.5 Å². The van der Waals surface area contributed by atoms with E-state index in [0.717, 1.165) is 44.5 Å². The molecular weight excluding hydrogens is 316 g/mol. The zero-order valence-electron chi connectivity index (χ0n) is 14.9. The summed E-state index contributed by atoms with van der Waals surface area (Å²) in [5.74, 6) is 0.776. The van der Waals surface area contributed by atoms with Gasteiger partial charge in [-0.25, -0.2) is 0 Å². The number of ether oxygens (including phenoxy) is 1. The van der Waals surface area contributed by atoms with E-state index in [2.05, 4.69) is 49.9 Å². The van der Waals surface area contributed by atoms with Crippen LogP contribution in [0.1, 0.15) is 11.3 Å². The Morgan fingerprint density at radius 2 is 1.92 bits per heavy atom. The Morgan fingerprint density at radius 1 is 1.16 bits per heavy atom. The van der Waals surface area contributed by atoms with Gasteiger partial charge in [0.1, 0.15) is 0 Å². The van der Waals surface area contributed by atoms with Gasteiger partial charge in [0, 0.05) is 45.6 Å². The molecule has 0 aliphatic carbocycles. The zero-order valence-corrected chi connectivity index (χ0v) is 14.9. The van der Waals surface area contributed by atoms with Crippen LogP contribution in [0.2, 0.25) is 0 Å². The molecule has 3 rings (SSSR count). The monoisotopic (exact) mass is 342 g/mol. The minimum atomic E-state index is 0.682. The fraction of sp³-hybridized carbons (Fsp3) is 0.444. The summed E-state index contributed by atoms with van der Waals surface area (Å²) in [4.78, 5) is 6.69. The fourth-order valence-electron chi connectivity index (χ4n) is 2.92. The van der Waals surface area contributed by atoms with Crippen LogP contribution >= 0.6 is 0 Å². The van der Waals surface area contributed by atoms with E-state index in [0.29, 0.717) is 6.54 Å². The molecule has 2 aromatic rings. The highest BCUT2D eigenvalue weighted by Crippen LogP contribution is 2.21. The largest absolute Gasteiger partial charge is 0.378 e. The van der Waals surface area contributed by atoms with E-state index in [1.54, 1.807) is 13.2 Å². The third-order valence-corrected chi connectivity index (χ3v) is 4.37. The molecule has 0 unspecified atom stereocenters. The van der Waals surface area contributed by atoms with Crippen molar-refractivity contribution >= 4 is 11.6 Å². The molecule has 0 bridgehead atoms. The number of nitrogens with zero attached hydrogens (tertiary/aromatic N) is 4. The number of aromatic nitrogens is 2. The Balaban J connectivity index is 1.59. The maximum Gasteiger partial charge on any atom is 0.191 e. The average molecular weight is 342 g/mol. The van der Waals surface area contributed by atoms with Gasteiger partial charge in [0.2, 0.25) is 0 Å². The molecule has 1 aliphatic heterocycles. The van der Waals surface area contributed by atoms with Crippen LogP contribution < -0.4 is 15.5 Å². The number of morpholine rings is 1. The van der Waals surface area contributed by atoms with Gasteiger partial charge in [-0.2, -0.15) is 5.10 Å². The van der Waals surface area contributed by atoms with E-state index in [-0.39, 0.29) is 0 Å². The predicted molar refractivity (Wildman–Crippen MR) is 99.7 cm³/mol. The van der Waals surface area contributed by atoms with Crippen molar-refractivity contribution in [3.8, 4) is 0 Å². The second-order valence-corrected chi connectivity index (χ2v) is 5.95. The van der Waals surface area contributed by atoms with E-state index < -0.39 is 0 Å². The lowest BCUT2D eigenvalue weighted by Crippen LogP contribution is -2.39. The number of guanidine groups is 1. The normalized spacial score (nSPS) is 15.3. The molecule has 7 nitrogen and oxygen atoms in total. The second kappa shape index (κ2) is 8.53. The van der Waals surface area contributed by atoms with Crippen molar-refractivity contribution in [1.82, 2.24) is 20.4 Å². The van der Waals surface area contributed by atoms with E-state index in [1.165, 1.54) is 11.3 Å². The van der Waals surface area contributed by atoms with Crippen LogP contribution in [0.4, 0.5) is 5.69 Å². The van der Waals surface area contributed by atoms with Gasteiger partial charge in [-0.05, 0) is 17.7 Å². The summed E-state index contributed by atoms with van der Waals surface area (Å²) in [5.41, 5.74) is 3.63. The smallest absolute Gasteiger partial charge is 0.191 e. The molecular formula is C18H26N6O. The molecule has 0 amide bonds. The molecule has 2 N–H and O–H groups in total. The summed E-state index contributed by atoms with van der Waals surface area (Å²) < 4.78 is 7.32. The zero-order chi connectivity index (χ0) is 17.5. The van der Waals surface area contributed by atoms with Gasteiger partial charge in [-0.1, -0.05) is 18.2 Å². The van der Waals surface area contributed by atoms with Crippen LogP contribution in [0.5, 0.6) is 0 Å². The van der Waals surface area contributed by atoms with E-state index >= 15 is 0 Å². The molecule has 0 atom stereocenters. The van der Waals surface area contributed by atoms with Gasteiger partial charge in [0.15, 0.2) is 5.96 Å². The summed E-state index contributed by atoms with van der Waals surface area (Å²) >= 11 is 0. The SMILES string of the molecule is CN=C(NCc1ccccc1N1CCOCC1)NCc1ccnn1C. The van der Waals surface area contributed by atoms with Crippen molar-refractivity contribution in [3.63, 3.8) is 0 Å². The lowest BCUT2D eigenvalue weighted by atomic mass is 10.1. The standard InChI is InChI=1S/C18H26N6O/c1-19-18(21-14-16-7-8-22-23(16)2)20-13-15-5-3-4-6-17(15)24-9-11-25-12-10-24/h3-8H,9-14H2,1-2H3,(H2,19,20,21). The lowest BCUT2D eigenvalue weighted by Gasteiger charge is -2.30. The molecule has 1 aromatic carbocycles. The van der Waals surface area contributed by atoms with Crippen molar-refractivity contribution in [2.45, 2.75) is 13.1 Å². The van der Waals surface area contributed by atoms with Gasteiger partial charge >= 0.3 is 0 Å². The number of hydrogen-bond donors (Lipinski definition) is 2. The average Bonchev–Trinajstić information content (AvgIpc) is 3.08. The first-order valence-electron chi connectivity index (χ1n) is 8.60. The summed E-state index contributed by atoms with van der Waals surface area (Å²) in [6, 6.07) is 10.5. The van der Waals surface area contributed by atoms with Crippen molar-refractivity contribution in [1.29, 1.82) is 0 Å². The molecule has 7 heteroatoms. The fourth-order valence-corrected chi connectivity index (χ4v) is 2.92. The number of hydrogen-bond acceptors (Lipinski definition) is 4. The highest BCUT2D eigenvalue weighted by atomic mass is 16.5. The number of rotatable bonds is 5. The molecule has 0 radical (unpaired) electrons. The molecule has 1 aromatic heterocycles. The highest BCUT2D eigenvalue weighted by molar-refractivity contribution is 5.79. The van der Waals surface area contributed by atoms with Crippen LogP contribution in [0.25, 0.3) is 0 Å². The second-order valence-electron chi connectivity index (χ2n) is 5.95. The van der Waals surface area contributed by atoms with Crippen LogP contribution in [-0.2, 0) is 24.9 Å². The number of anilines is 1. The first kappa shape index (κ1) is 17.3. The molecule has 1 fully saturated rings. The molecule has 1 saturated heterocycles. The molecule has 2 heterocycles. The molecule has 134 valence electrons. The third kappa shape index (κ3) is 4.51. The Labute approximate surface area is 148 Å². The maximum absolute atomic E-state index is 5.46. The van der Waals surface area contributed by atoms with Crippen LogP contribution in [0.3, 0.4) is 0 Å². The van der Waals surface area contributed by atoms with Gasteiger partial charge < -0.3 is 20.3 Å². The Morgan fingerprint density at radius 3 is 2.64 bits per heavy atom. The molecule has 1 aliphatic rings. The van der Waals surface area contributed by atoms with Crippen molar-refractivity contribution in [3.05, 3.63) is 47.8 Å². The number of aliphatic imine (C=N–C) groups is 1. The Bertz CT molecular complexity index is 705. The highest BCUT2D eigenvalue weighted by Gasteiger charge is 2.14. The van der Waals surface area contributed by atoms with Crippen molar-refractivity contribution in [2.75, 3.05) is 38.3 Å². The summed E-state index contributed by atoms with van der Waals surface area (Å²) in [5, 5.41) is 10.9. The van der Waals surface area contributed by atoms with E-state index in [9.17, 15) is 0 Å². The molecule has 0 spiro atoms. The number of benzene rings is 1. The Kier molecular flexibility index (Phi) is 5.90. The van der Waals surface area contributed by atoms with Gasteiger partial charge in [0.05, 0.1) is 25.5 Å². The van der Waals surface area contributed by atoms with Gasteiger partial charge in [0.25, 0.3) is 0 Å². The minimum absolute atomic E-state index is 0.682. The Hall–Kier alpha value is -2.54. The summed E-state index contributed by atoms with van der Waals surface area (Å²) in [6.07, 6.45) is 1.80. The van der Waals surface area contributed by atoms with Gasteiger partial charge in [-0.15, -0.1) is 0 Å². The van der Waals surface area contributed by atoms with Gasteiger partial charge in [-0.3, -0.25) is 9.67 Å². The topological polar surface area (TPSA) is 66.7 Å². The lowest BCUT2D eigenvalue weighted by molar-refractivity contribution is 0.122. The van der Waals surface area contributed by atoms with E-state index in [4.69, 9.17) is 4.74 Å². The summed E-state index contributed by atoms with van der Waals surface area (Å²) in [7, 11) is 3.72. The minimum Gasteiger partial charge on any atom is -0.378 e. The maximum atomic E-state index is 5.46. The molecule has 0 saturated carbocycles. The van der Waals surface area contributed by atoms with Crippen molar-refractivity contribution < 1.29 is 4.74 Å². The third-order valence-electron chi connectivity index (χ3n) is 4.37. The van der Waals surface area contributed by atoms with Crippen LogP contribution in [0, 0.1) is 0 Å². The first-order chi connectivity index (χ1) is 12.3. The summed E-state index contributed by atoms with van der Waals surface area (Å²) in [6.45, 7) is 4.85. The van der Waals surface area contributed by atoms with E-state index in [1.807, 2.05) is 17.8 Å². The quantitative estimate of drug-likeness (QED) is 0.630. The number of nitrogens with one attached hydrogen (secondary N) is 2. The van der Waals surface area contributed by atoms with Crippen molar-refractivity contribution in [2.24, 2.45) is 12.0 Å².